The normalized spacial score (nSPS) is 10.6. The van der Waals surface area contributed by atoms with Gasteiger partial charge in [-0.05, 0) is 12.5 Å². The second-order valence-electron chi connectivity index (χ2n) is 5.67. The molecule has 0 unspecified atom stereocenters. The summed E-state index contributed by atoms with van der Waals surface area (Å²) in [5.41, 5.74) is 5.79. The van der Waals surface area contributed by atoms with Crippen molar-refractivity contribution < 1.29 is 4.79 Å². The fourth-order valence-corrected chi connectivity index (χ4v) is 2.79. The molecule has 24 heavy (non-hydrogen) atoms. The molecule has 3 rings (SSSR count). The van der Waals surface area contributed by atoms with E-state index in [1.165, 1.54) is 11.7 Å². The highest BCUT2D eigenvalue weighted by atomic mass is 16.2. The van der Waals surface area contributed by atoms with Gasteiger partial charge in [0, 0.05) is 18.1 Å². The summed E-state index contributed by atoms with van der Waals surface area (Å²) in [4.78, 5) is 25.5. The SMILES string of the molecule is CC(=O)Nn1c(=O)c(C)c(-c2ccccc2)n1Cc1ccccc1. The van der Waals surface area contributed by atoms with Gasteiger partial charge in [-0.3, -0.25) is 14.3 Å². The summed E-state index contributed by atoms with van der Waals surface area (Å²) in [6, 6.07) is 19.6. The van der Waals surface area contributed by atoms with Crippen molar-refractivity contribution in [2.45, 2.75) is 20.4 Å². The van der Waals surface area contributed by atoms with Gasteiger partial charge in [0.2, 0.25) is 5.91 Å². The Morgan fingerprint density at radius 1 is 1.00 bits per heavy atom. The molecule has 0 fully saturated rings. The van der Waals surface area contributed by atoms with Crippen LogP contribution in [-0.2, 0) is 11.3 Å². The third kappa shape index (κ3) is 3.01. The van der Waals surface area contributed by atoms with E-state index in [4.69, 9.17) is 0 Å². The Morgan fingerprint density at radius 2 is 1.58 bits per heavy atom. The lowest BCUT2D eigenvalue weighted by Crippen LogP contribution is -2.35. The zero-order valence-electron chi connectivity index (χ0n) is 13.7. The number of hydrogen-bond acceptors (Lipinski definition) is 2. The summed E-state index contributed by atoms with van der Waals surface area (Å²) in [6.07, 6.45) is 0. The number of hydrogen-bond donors (Lipinski definition) is 1. The lowest BCUT2D eigenvalue weighted by Gasteiger charge is -2.15. The van der Waals surface area contributed by atoms with Gasteiger partial charge in [0.1, 0.15) is 0 Å². The average molecular weight is 321 g/mol. The van der Waals surface area contributed by atoms with E-state index in [-0.39, 0.29) is 11.5 Å². The standard InChI is InChI=1S/C19H19N3O2/c1-14-18(17-11-7-4-8-12-17)21(13-16-9-5-3-6-10-16)22(19(14)24)20-15(2)23/h3-12H,13H2,1-2H3,(H,20,23). The Kier molecular flexibility index (Phi) is 4.33. The van der Waals surface area contributed by atoms with Gasteiger partial charge in [-0.25, -0.2) is 5.43 Å². The molecule has 5 nitrogen and oxygen atoms in total. The Balaban J connectivity index is 2.20. The van der Waals surface area contributed by atoms with E-state index in [1.54, 1.807) is 6.92 Å². The molecular weight excluding hydrogens is 302 g/mol. The smallest absolute Gasteiger partial charge is 0.274 e. The minimum absolute atomic E-state index is 0.222. The highest BCUT2D eigenvalue weighted by molar-refractivity contribution is 5.81. The highest BCUT2D eigenvalue weighted by Gasteiger charge is 2.19. The van der Waals surface area contributed by atoms with Crippen molar-refractivity contribution in [3.63, 3.8) is 0 Å². The van der Waals surface area contributed by atoms with Gasteiger partial charge in [-0.2, -0.15) is 4.79 Å². The molecule has 2 aromatic carbocycles. The van der Waals surface area contributed by atoms with Crippen molar-refractivity contribution in [2.24, 2.45) is 0 Å². The summed E-state index contributed by atoms with van der Waals surface area (Å²) in [7, 11) is 0. The Hall–Kier alpha value is -3.08. The van der Waals surface area contributed by atoms with Crippen LogP contribution in [-0.4, -0.2) is 15.4 Å². The molecule has 0 atom stereocenters. The molecule has 122 valence electrons. The van der Waals surface area contributed by atoms with Gasteiger partial charge >= 0.3 is 0 Å². The van der Waals surface area contributed by atoms with E-state index in [0.29, 0.717) is 12.1 Å². The predicted octanol–water partition coefficient (Wildman–Crippen LogP) is 2.76. The van der Waals surface area contributed by atoms with Crippen LogP contribution in [0.5, 0.6) is 0 Å². The molecule has 0 aliphatic heterocycles. The van der Waals surface area contributed by atoms with Crippen LogP contribution in [0.15, 0.2) is 65.5 Å². The lowest BCUT2D eigenvalue weighted by molar-refractivity contribution is -0.115. The number of aromatic nitrogens is 2. The highest BCUT2D eigenvalue weighted by Crippen LogP contribution is 2.22. The fraction of sp³-hybridized carbons (Fsp3) is 0.158. The van der Waals surface area contributed by atoms with E-state index in [2.05, 4.69) is 5.43 Å². The van der Waals surface area contributed by atoms with E-state index in [1.807, 2.05) is 65.3 Å². The molecule has 1 aromatic heterocycles. The molecule has 0 aliphatic carbocycles. The summed E-state index contributed by atoms with van der Waals surface area (Å²) in [5.74, 6) is -0.288. The van der Waals surface area contributed by atoms with Gasteiger partial charge in [0.25, 0.3) is 5.56 Å². The van der Waals surface area contributed by atoms with Crippen molar-refractivity contribution in [3.05, 3.63) is 82.1 Å². The van der Waals surface area contributed by atoms with Gasteiger partial charge in [0.05, 0.1) is 12.2 Å². The van der Waals surface area contributed by atoms with Crippen LogP contribution in [0.25, 0.3) is 11.3 Å². The van der Waals surface area contributed by atoms with Crippen LogP contribution in [0, 0.1) is 6.92 Å². The third-order valence-electron chi connectivity index (χ3n) is 3.85. The zero-order valence-corrected chi connectivity index (χ0v) is 13.7. The molecule has 3 aromatic rings. The van der Waals surface area contributed by atoms with Crippen LogP contribution >= 0.6 is 0 Å². The Bertz CT molecular complexity index is 909. The summed E-state index contributed by atoms with van der Waals surface area (Å²) in [6.45, 7) is 3.66. The van der Waals surface area contributed by atoms with Gasteiger partial charge in [0.15, 0.2) is 0 Å². The number of benzene rings is 2. The molecule has 1 N–H and O–H groups in total. The van der Waals surface area contributed by atoms with Gasteiger partial charge in [-0.15, -0.1) is 0 Å². The van der Waals surface area contributed by atoms with Crippen LogP contribution in [0.3, 0.4) is 0 Å². The fourth-order valence-electron chi connectivity index (χ4n) is 2.79. The lowest BCUT2D eigenvalue weighted by atomic mass is 10.1. The third-order valence-corrected chi connectivity index (χ3v) is 3.85. The van der Waals surface area contributed by atoms with Crippen molar-refractivity contribution in [1.29, 1.82) is 0 Å². The Labute approximate surface area is 140 Å². The molecule has 0 radical (unpaired) electrons. The maximum atomic E-state index is 12.6. The number of carbonyl (C=O) groups excluding carboxylic acids is 1. The van der Waals surface area contributed by atoms with Crippen LogP contribution in [0.1, 0.15) is 18.1 Å². The van der Waals surface area contributed by atoms with Crippen LogP contribution in [0.4, 0.5) is 0 Å². The molecule has 0 saturated carbocycles. The van der Waals surface area contributed by atoms with E-state index >= 15 is 0 Å². The molecule has 0 aliphatic rings. The summed E-state index contributed by atoms with van der Waals surface area (Å²) >= 11 is 0. The average Bonchev–Trinajstić information content (AvgIpc) is 2.81. The maximum absolute atomic E-state index is 12.6. The molecule has 5 heteroatoms. The van der Waals surface area contributed by atoms with Crippen molar-refractivity contribution in [2.75, 3.05) is 5.43 Å². The summed E-state index contributed by atoms with van der Waals surface area (Å²) in [5, 5.41) is 0. The number of nitrogens with zero attached hydrogens (tertiary/aromatic N) is 2. The van der Waals surface area contributed by atoms with Crippen molar-refractivity contribution in [1.82, 2.24) is 9.47 Å². The molecular formula is C19H19N3O2. The first kappa shape index (κ1) is 15.8. The monoisotopic (exact) mass is 321 g/mol. The first-order chi connectivity index (χ1) is 11.6. The molecule has 1 heterocycles. The molecule has 0 saturated heterocycles. The van der Waals surface area contributed by atoms with Gasteiger partial charge in [-0.1, -0.05) is 60.7 Å². The first-order valence-corrected chi connectivity index (χ1v) is 7.77. The Morgan fingerprint density at radius 3 is 2.17 bits per heavy atom. The summed E-state index contributed by atoms with van der Waals surface area (Å²) < 4.78 is 1.81. The van der Waals surface area contributed by atoms with E-state index in [0.717, 1.165) is 16.8 Å². The molecule has 1 amide bonds. The molecule has 0 spiro atoms. The maximum Gasteiger partial charge on any atom is 0.289 e. The van der Waals surface area contributed by atoms with E-state index < -0.39 is 0 Å². The number of rotatable bonds is 4. The van der Waals surface area contributed by atoms with Crippen molar-refractivity contribution >= 4 is 5.91 Å². The van der Waals surface area contributed by atoms with Crippen molar-refractivity contribution in [3.8, 4) is 11.3 Å². The minimum Gasteiger partial charge on any atom is -0.274 e. The van der Waals surface area contributed by atoms with Crippen LogP contribution < -0.4 is 11.0 Å². The van der Waals surface area contributed by atoms with E-state index in [9.17, 15) is 9.59 Å². The predicted molar refractivity (Wildman–Crippen MR) is 94.5 cm³/mol. The quantitative estimate of drug-likeness (QED) is 0.803. The van der Waals surface area contributed by atoms with Gasteiger partial charge < -0.3 is 0 Å². The minimum atomic E-state index is -0.288. The number of amides is 1. The topological polar surface area (TPSA) is 56.0 Å². The number of nitrogens with one attached hydrogen (secondary N) is 1. The number of carbonyl (C=O) groups is 1. The second kappa shape index (κ2) is 6.58. The molecule has 0 bridgehead atoms. The largest absolute Gasteiger partial charge is 0.289 e. The first-order valence-electron chi connectivity index (χ1n) is 7.77. The second-order valence-corrected chi connectivity index (χ2v) is 5.67. The van der Waals surface area contributed by atoms with Crippen LogP contribution in [0.2, 0.25) is 0 Å². The zero-order chi connectivity index (χ0) is 17.1.